The number of halogens is 2. The van der Waals surface area contributed by atoms with E-state index in [-0.39, 0.29) is 11.1 Å². The minimum absolute atomic E-state index is 0.163. The Labute approximate surface area is 118 Å². The van der Waals surface area contributed by atoms with Crippen LogP contribution in [-0.4, -0.2) is 15.9 Å². The van der Waals surface area contributed by atoms with E-state index in [1.165, 1.54) is 6.20 Å². The van der Waals surface area contributed by atoms with Gasteiger partial charge in [-0.3, -0.25) is 9.78 Å². The first-order valence-electron chi connectivity index (χ1n) is 5.10. The van der Waals surface area contributed by atoms with Gasteiger partial charge in [0.1, 0.15) is 5.15 Å². The minimum Gasteiger partial charge on any atom is -0.320 e. The van der Waals surface area contributed by atoms with Crippen LogP contribution in [0, 0.1) is 6.92 Å². The quantitative estimate of drug-likeness (QED) is 0.860. The van der Waals surface area contributed by atoms with E-state index in [2.05, 4.69) is 31.2 Å². The first-order chi connectivity index (χ1) is 8.56. The molecule has 0 saturated carbocycles. The van der Waals surface area contributed by atoms with Crippen molar-refractivity contribution >= 4 is 39.1 Å². The van der Waals surface area contributed by atoms with Gasteiger partial charge < -0.3 is 5.32 Å². The van der Waals surface area contributed by atoms with Crippen LogP contribution in [0.25, 0.3) is 0 Å². The Morgan fingerprint density at radius 2 is 2.11 bits per heavy atom. The zero-order valence-corrected chi connectivity index (χ0v) is 11.8. The Hall–Kier alpha value is -1.46. The predicted octanol–water partition coefficient (Wildman–Crippen LogP) is 3.45. The van der Waals surface area contributed by atoms with Gasteiger partial charge in [-0.15, -0.1) is 0 Å². The monoisotopic (exact) mass is 325 g/mol. The third-order valence-electron chi connectivity index (χ3n) is 2.18. The molecular formula is C12H9BrClN3O. The standard InChI is InChI=1S/C12H9BrClN3O/c1-7-2-9(6-15-4-7)17-12(18)10-3-8(13)5-16-11(10)14/h2-6H,1H3,(H,17,18). The molecule has 0 radical (unpaired) electrons. The van der Waals surface area contributed by atoms with Gasteiger partial charge in [0.25, 0.3) is 5.91 Å². The third kappa shape index (κ3) is 3.05. The number of aryl methyl sites for hydroxylation is 1. The highest BCUT2D eigenvalue weighted by molar-refractivity contribution is 9.10. The lowest BCUT2D eigenvalue weighted by atomic mass is 10.2. The van der Waals surface area contributed by atoms with E-state index in [1.54, 1.807) is 18.5 Å². The molecule has 1 N–H and O–H groups in total. The molecule has 6 heteroatoms. The highest BCUT2D eigenvalue weighted by atomic mass is 79.9. The lowest BCUT2D eigenvalue weighted by Crippen LogP contribution is -2.13. The van der Waals surface area contributed by atoms with Crippen LogP contribution in [0.2, 0.25) is 5.15 Å². The van der Waals surface area contributed by atoms with Gasteiger partial charge in [0.2, 0.25) is 0 Å². The first-order valence-corrected chi connectivity index (χ1v) is 6.27. The molecule has 0 aliphatic rings. The fourth-order valence-corrected chi connectivity index (χ4v) is 1.92. The van der Waals surface area contributed by atoms with Gasteiger partial charge >= 0.3 is 0 Å². The van der Waals surface area contributed by atoms with Gasteiger partial charge in [-0.05, 0) is 40.5 Å². The van der Waals surface area contributed by atoms with E-state index in [1.807, 2.05) is 13.0 Å². The fourth-order valence-electron chi connectivity index (χ4n) is 1.40. The molecule has 2 heterocycles. The van der Waals surface area contributed by atoms with Gasteiger partial charge in [-0.1, -0.05) is 11.6 Å². The second-order valence-electron chi connectivity index (χ2n) is 3.70. The van der Waals surface area contributed by atoms with Gasteiger partial charge in [-0.2, -0.15) is 0 Å². The number of anilines is 1. The SMILES string of the molecule is Cc1cncc(NC(=O)c2cc(Br)cnc2Cl)c1. The molecular weight excluding hydrogens is 318 g/mol. The van der Waals surface area contributed by atoms with Gasteiger partial charge in [0.05, 0.1) is 17.4 Å². The smallest absolute Gasteiger partial charge is 0.258 e. The zero-order valence-electron chi connectivity index (χ0n) is 9.45. The number of pyridine rings is 2. The van der Waals surface area contributed by atoms with E-state index in [0.29, 0.717) is 15.7 Å². The van der Waals surface area contributed by atoms with Crippen LogP contribution in [0.4, 0.5) is 5.69 Å². The molecule has 0 aliphatic heterocycles. The van der Waals surface area contributed by atoms with Crippen LogP contribution in [-0.2, 0) is 0 Å². The summed E-state index contributed by atoms with van der Waals surface area (Å²) < 4.78 is 0.694. The number of carbonyl (C=O) groups is 1. The maximum absolute atomic E-state index is 12.0. The number of aromatic nitrogens is 2. The molecule has 0 bridgehead atoms. The van der Waals surface area contributed by atoms with Crippen molar-refractivity contribution in [1.29, 1.82) is 0 Å². The highest BCUT2D eigenvalue weighted by Crippen LogP contribution is 2.19. The summed E-state index contributed by atoms with van der Waals surface area (Å²) in [6, 6.07) is 3.44. The molecule has 92 valence electrons. The van der Waals surface area contributed by atoms with Gasteiger partial charge in [-0.25, -0.2) is 4.98 Å². The molecule has 0 aromatic carbocycles. The van der Waals surface area contributed by atoms with E-state index in [9.17, 15) is 4.79 Å². The van der Waals surface area contributed by atoms with Crippen molar-refractivity contribution in [2.24, 2.45) is 0 Å². The van der Waals surface area contributed by atoms with E-state index in [4.69, 9.17) is 11.6 Å². The van der Waals surface area contributed by atoms with Crippen LogP contribution in [0.3, 0.4) is 0 Å². The van der Waals surface area contributed by atoms with Crippen molar-refractivity contribution in [3.05, 3.63) is 51.5 Å². The maximum atomic E-state index is 12.0. The number of hydrogen-bond donors (Lipinski definition) is 1. The normalized spacial score (nSPS) is 10.2. The van der Waals surface area contributed by atoms with Crippen LogP contribution < -0.4 is 5.32 Å². The second kappa shape index (κ2) is 5.46. The molecule has 0 fully saturated rings. The molecule has 0 atom stereocenters. The molecule has 0 saturated heterocycles. The average molecular weight is 327 g/mol. The molecule has 4 nitrogen and oxygen atoms in total. The lowest BCUT2D eigenvalue weighted by Gasteiger charge is -2.06. The third-order valence-corrected chi connectivity index (χ3v) is 2.92. The Kier molecular flexibility index (Phi) is 3.93. The van der Waals surface area contributed by atoms with E-state index >= 15 is 0 Å². The van der Waals surface area contributed by atoms with Gasteiger partial charge in [0.15, 0.2) is 0 Å². The highest BCUT2D eigenvalue weighted by Gasteiger charge is 2.12. The number of amides is 1. The van der Waals surface area contributed by atoms with E-state index < -0.39 is 0 Å². The van der Waals surface area contributed by atoms with Crippen molar-refractivity contribution in [3.63, 3.8) is 0 Å². The molecule has 2 aromatic heterocycles. The summed E-state index contributed by atoms with van der Waals surface area (Å²) in [6.07, 6.45) is 4.82. The van der Waals surface area contributed by atoms with Crippen molar-refractivity contribution in [3.8, 4) is 0 Å². The van der Waals surface area contributed by atoms with Crippen molar-refractivity contribution in [2.45, 2.75) is 6.92 Å². The predicted molar refractivity (Wildman–Crippen MR) is 73.9 cm³/mol. The number of hydrogen-bond acceptors (Lipinski definition) is 3. The molecule has 0 spiro atoms. The molecule has 2 rings (SSSR count). The lowest BCUT2D eigenvalue weighted by molar-refractivity contribution is 0.102. The van der Waals surface area contributed by atoms with Crippen molar-refractivity contribution in [1.82, 2.24) is 9.97 Å². The number of nitrogens with one attached hydrogen (secondary N) is 1. The van der Waals surface area contributed by atoms with Crippen LogP contribution in [0.15, 0.2) is 35.2 Å². The van der Waals surface area contributed by atoms with Crippen LogP contribution >= 0.6 is 27.5 Å². The largest absolute Gasteiger partial charge is 0.320 e. The summed E-state index contributed by atoms with van der Waals surface area (Å²) in [4.78, 5) is 19.9. The average Bonchev–Trinajstić information content (AvgIpc) is 2.32. The summed E-state index contributed by atoms with van der Waals surface area (Å²) >= 11 is 9.13. The Bertz CT molecular complexity index is 604. The van der Waals surface area contributed by atoms with Crippen LogP contribution in [0.5, 0.6) is 0 Å². The number of rotatable bonds is 2. The maximum Gasteiger partial charge on any atom is 0.258 e. The summed E-state index contributed by atoms with van der Waals surface area (Å²) in [5, 5.41) is 2.88. The van der Waals surface area contributed by atoms with Gasteiger partial charge in [0, 0.05) is 16.9 Å². The Morgan fingerprint density at radius 1 is 1.33 bits per heavy atom. The summed E-state index contributed by atoms with van der Waals surface area (Å²) in [6.45, 7) is 1.90. The summed E-state index contributed by atoms with van der Waals surface area (Å²) in [5.74, 6) is -0.318. The molecule has 2 aromatic rings. The molecule has 0 aliphatic carbocycles. The minimum atomic E-state index is -0.318. The molecule has 0 unspecified atom stereocenters. The second-order valence-corrected chi connectivity index (χ2v) is 4.97. The summed E-state index contributed by atoms with van der Waals surface area (Å²) in [5.41, 5.74) is 1.90. The number of carbonyl (C=O) groups excluding carboxylic acids is 1. The Morgan fingerprint density at radius 3 is 2.83 bits per heavy atom. The van der Waals surface area contributed by atoms with Crippen molar-refractivity contribution in [2.75, 3.05) is 5.32 Å². The fraction of sp³-hybridized carbons (Fsp3) is 0.0833. The number of nitrogens with zero attached hydrogens (tertiary/aromatic N) is 2. The first kappa shape index (κ1) is 13.0. The van der Waals surface area contributed by atoms with Crippen LogP contribution in [0.1, 0.15) is 15.9 Å². The van der Waals surface area contributed by atoms with Crippen molar-refractivity contribution < 1.29 is 4.79 Å². The topological polar surface area (TPSA) is 54.9 Å². The zero-order chi connectivity index (χ0) is 13.1. The summed E-state index contributed by atoms with van der Waals surface area (Å²) in [7, 11) is 0. The Balaban J connectivity index is 2.24. The molecule has 18 heavy (non-hydrogen) atoms. The molecule has 1 amide bonds. The van der Waals surface area contributed by atoms with E-state index in [0.717, 1.165) is 5.56 Å².